The van der Waals surface area contributed by atoms with E-state index in [4.69, 9.17) is 25.7 Å². The van der Waals surface area contributed by atoms with E-state index in [1.807, 2.05) is 146 Å². The Morgan fingerprint density at radius 2 is 0.710 bits per heavy atom. The predicted octanol–water partition coefficient (Wildman–Crippen LogP) is 24.8. The summed E-state index contributed by atoms with van der Waals surface area (Å²) in [5, 5.41) is 50.0. The first-order valence-electron chi connectivity index (χ1n) is 31.0. The monoisotopic (exact) mass is 1940 g/mol. The second-order valence-electron chi connectivity index (χ2n) is 20.9. The smallest absolute Gasteiger partial charge is 0.293 e. The molecule has 562 valence electrons. The van der Waals surface area contributed by atoms with Crippen LogP contribution in [0.25, 0.3) is 0 Å². The van der Waals surface area contributed by atoms with E-state index in [2.05, 4.69) is 99.1 Å². The van der Waals surface area contributed by atoms with Crippen molar-refractivity contribution in [2.24, 2.45) is 0 Å². The molecule has 0 bridgehead atoms. The second-order valence-corrected chi connectivity index (χ2v) is 29.0. The van der Waals surface area contributed by atoms with E-state index in [1.165, 1.54) is 110 Å². The van der Waals surface area contributed by atoms with Gasteiger partial charge in [0.05, 0.1) is 69.4 Å². The molecule has 0 heterocycles. The van der Waals surface area contributed by atoms with E-state index in [-0.39, 0.29) is 77.3 Å². The SMILES string of the molecule is CC.COc1cc(Br)c(F)cc1I.COc1cc(Br)c(F)cc1Nc1ccc(SCc2ccccc2)cc1[N+](=O)[O-].COc1cc(Br)c(F)cc1Nc1ccc(SCc2ccccc2)cc1[N+](=O)[O-].Nc1ccc(Br)cc1[N+](=O)[O-].Nc1ccc(SCc2ccccc2)cc1[N+](=O)[O-].SCc1ccccc1.[Fe]. The Hall–Kier alpha value is -8.02. The van der Waals surface area contributed by atoms with Gasteiger partial charge in [-0.15, -0.1) is 35.3 Å². The number of nitro benzene ring substituents is 4. The summed E-state index contributed by atoms with van der Waals surface area (Å²) >= 11 is 23.1. The van der Waals surface area contributed by atoms with Crippen LogP contribution in [-0.2, 0) is 40.1 Å². The molecule has 0 fully saturated rings. The molecule has 0 aliphatic rings. The number of nitro groups is 4. The van der Waals surface area contributed by atoms with Gasteiger partial charge in [-0.25, -0.2) is 13.2 Å². The fraction of sp³-hybridized carbons (Fsp3) is 0.120. The summed E-state index contributed by atoms with van der Waals surface area (Å²) < 4.78 is 58.4. The number of nitrogens with one attached hydrogen (secondary N) is 2. The van der Waals surface area contributed by atoms with Crippen molar-refractivity contribution >= 4 is 191 Å². The average Bonchev–Trinajstić information content (AvgIpc) is 0.802. The van der Waals surface area contributed by atoms with Crippen LogP contribution in [0.3, 0.4) is 0 Å². The minimum Gasteiger partial charge on any atom is -0.496 e. The summed E-state index contributed by atoms with van der Waals surface area (Å²) in [7, 11) is 4.45. The third-order valence-electron chi connectivity index (χ3n) is 13.7. The van der Waals surface area contributed by atoms with E-state index in [0.717, 1.165) is 40.9 Å². The van der Waals surface area contributed by atoms with Crippen LogP contribution in [0.5, 0.6) is 17.2 Å². The maximum atomic E-state index is 13.9. The maximum absolute atomic E-state index is 13.9. The Bertz CT molecular complexity index is 4550. The van der Waals surface area contributed by atoms with Gasteiger partial charge < -0.3 is 36.3 Å². The molecule has 0 atom stereocenters. The standard InChI is InChI=1S/2C20H16BrFN2O3S.C13H12N2O2S.C7H5BrFIO.C7H8S.C6H5BrN2O2.C2H6.Fe/c2*1-27-20-10-15(21)16(22)11-18(20)23-17-8-7-14(9-19(17)24(25)26)28-12-13-5-3-2-4-6-13;14-12-7-6-11(8-13(12)15(16)17)18-9-10-4-2-1-3-5-10;1-11-7-2-4(8)5(9)3-6(7)10;8-6-7-4-2-1-3-5-7;7-4-1-2-5(8)6(3-4)9(10)11;1-2;/h2*2-11,23H,12H2,1H3;1-8H,9,14H2;2-3H,1H3;1-5,8H,6H2;1-3H,8H2;1-2H3;. The Balaban J connectivity index is 0.000000284. The van der Waals surface area contributed by atoms with Crippen molar-refractivity contribution < 1.29 is 64.1 Å². The Morgan fingerprint density at radius 3 is 1.03 bits per heavy atom. The second kappa shape index (κ2) is 48.4. The number of halogens is 8. The molecule has 0 aromatic heterocycles. The van der Waals surface area contributed by atoms with E-state index >= 15 is 0 Å². The number of hydrogen-bond donors (Lipinski definition) is 5. The van der Waals surface area contributed by atoms with Crippen molar-refractivity contribution in [3.8, 4) is 17.2 Å². The normalized spacial score (nSPS) is 9.96. The molecule has 19 nitrogen and oxygen atoms in total. The van der Waals surface area contributed by atoms with Gasteiger partial charge in [0.25, 0.3) is 22.7 Å². The van der Waals surface area contributed by atoms with Gasteiger partial charge in [0.2, 0.25) is 0 Å². The molecule has 11 rings (SSSR count). The summed E-state index contributed by atoms with van der Waals surface area (Å²) in [5.41, 5.74) is 16.8. The zero-order chi connectivity index (χ0) is 77.8. The number of methoxy groups -OCH3 is 3. The molecule has 0 saturated heterocycles. The number of thiol groups is 1. The molecule has 0 saturated carbocycles. The van der Waals surface area contributed by atoms with E-state index < -0.39 is 31.3 Å². The van der Waals surface area contributed by atoms with Gasteiger partial charge in [-0.1, -0.05) is 151 Å². The molecule has 0 aliphatic heterocycles. The predicted molar refractivity (Wildman–Crippen MR) is 449 cm³/mol. The molecular weight excluding hydrogens is 1880 g/mol. The molecule has 0 amide bonds. The fourth-order valence-corrected chi connectivity index (χ4v) is 13.3. The molecule has 32 heteroatoms. The molecular formula is C75H68Br4F3FeIN8O11S4. The molecule has 0 spiro atoms. The number of nitrogens with zero attached hydrogens (tertiary/aromatic N) is 4. The van der Waals surface area contributed by atoms with Crippen molar-refractivity contribution in [1.82, 2.24) is 0 Å². The van der Waals surface area contributed by atoms with Crippen molar-refractivity contribution in [2.75, 3.05) is 43.4 Å². The van der Waals surface area contributed by atoms with E-state index in [1.54, 1.807) is 67.4 Å². The van der Waals surface area contributed by atoms with Crippen LogP contribution in [-0.4, -0.2) is 41.0 Å². The number of nitrogen functional groups attached to an aromatic ring is 2. The van der Waals surface area contributed by atoms with Crippen LogP contribution >= 0.6 is 134 Å². The summed E-state index contributed by atoms with van der Waals surface area (Å²) in [6.45, 7) is 4.00. The minimum absolute atomic E-state index is 0. The van der Waals surface area contributed by atoms with Crippen LogP contribution in [0.15, 0.2) is 263 Å². The van der Waals surface area contributed by atoms with Gasteiger partial charge >= 0.3 is 0 Å². The first-order valence-corrected chi connectivity index (χ1v) is 38.9. The van der Waals surface area contributed by atoms with Gasteiger partial charge in [0.1, 0.15) is 57.4 Å². The van der Waals surface area contributed by atoms with Crippen molar-refractivity contribution in [3.05, 3.63) is 332 Å². The first-order chi connectivity index (χ1) is 50.8. The topological polar surface area (TPSA) is 276 Å². The molecule has 11 aromatic rings. The largest absolute Gasteiger partial charge is 0.496 e. The number of hydrogen-bond acceptors (Lipinski definition) is 19. The zero-order valence-electron chi connectivity index (χ0n) is 57.3. The Kier molecular flexibility index (Phi) is 41.3. The average molecular weight is 1950 g/mol. The first kappa shape index (κ1) is 91.4. The number of benzene rings is 11. The molecule has 0 radical (unpaired) electrons. The van der Waals surface area contributed by atoms with Gasteiger partial charge in [-0.2, -0.15) is 12.6 Å². The quantitative estimate of drug-likeness (QED) is 0.00653. The number of thioether (sulfide) groups is 3. The van der Waals surface area contributed by atoms with Gasteiger partial charge in [-0.05, 0) is 165 Å². The summed E-state index contributed by atoms with van der Waals surface area (Å²) in [6.07, 6.45) is 0. The third kappa shape index (κ3) is 30.9. The number of ether oxygens (including phenoxy) is 3. The summed E-state index contributed by atoms with van der Waals surface area (Å²) in [4.78, 5) is 44.7. The van der Waals surface area contributed by atoms with Gasteiger partial charge in [-0.3, -0.25) is 40.5 Å². The minimum atomic E-state index is -0.514. The third-order valence-corrected chi connectivity index (χ3v) is 20.4. The van der Waals surface area contributed by atoms with Crippen molar-refractivity contribution in [3.63, 3.8) is 0 Å². The van der Waals surface area contributed by atoms with E-state index in [0.29, 0.717) is 49.1 Å². The fourth-order valence-electron chi connectivity index (χ4n) is 8.51. The van der Waals surface area contributed by atoms with Crippen LogP contribution in [0.4, 0.5) is 70.0 Å². The molecule has 11 aromatic carbocycles. The van der Waals surface area contributed by atoms with Crippen LogP contribution in [0.1, 0.15) is 36.1 Å². The Labute approximate surface area is 692 Å². The molecule has 107 heavy (non-hydrogen) atoms. The zero-order valence-corrected chi connectivity index (χ0v) is 70.2. The Morgan fingerprint density at radius 1 is 0.411 bits per heavy atom. The number of nitrogens with two attached hydrogens (primary N) is 2. The van der Waals surface area contributed by atoms with Crippen molar-refractivity contribution in [2.45, 2.75) is 51.5 Å². The number of rotatable bonds is 21. The van der Waals surface area contributed by atoms with Gasteiger partial charge in [0.15, 0.2) is 0 Å². The number of anilines is 6. The van der Waals surface area contributed by atoms with Crippen LogP contribution < -0.4 is 36.3 Å². The van der Waals surface area contributed by atoms with Crippen LogP contribution in [0, 0.1) is 61.5 Å². The summed E-state index contributed by atoms with van der Waals surface area (Å²) in [6, 6.07) is 67.5. The molecule has 0 aliphatic carbocycles. The molecule has 6 N–H and O–H groups in total. The van der Waals surface area contributed by atoms with E-state index in [9.17, 15) is 53.6 Å². The maximum Gasteiger partial charge on any atom is 0.293 e. The molecule has 0 unspecified atom stereocenters. The van der Waals surface area contributed by atoms with Gasteiger partial charge in [0, 0.05) is 95.6 Å². The van der Waals surface area contributed by atoms with Crippen LogP contribution in [0.2, 0.25) is 0 Å². The van der Waals surface area contributed by atoms with Crippen molar-refractivity contribution in [1.29, 1.82) is 0 Å². The summed E-state index contributed by atoms with van der Waals surface area (Å²) in [5.74, 6) is 3.17.